The SMILES string of the molecule is CC(C)CC(N)CNC(=O)c1cccc(F)c1F. The molecule has 0 aromatic heterocycles. The van der Waals surface area contributed by atoms with E-state index in [-0.39, 0.29) is 18.2 Å². The molecule has 1 aromatic carbocycles. The minimum absolute atomic E-state index is 0.189. The van der Waals surface area contributed by atoms with Crippen LogP contribution in [0.5, 0.6) is 0 Å². The number of carbonyl (C=O) groups is 1. The van der Waals surface area contributed by atoms with Gasteiger partial charge in [0, 0.05) is 12.6 Å². The van der Waals surface area contributed by atoms with Crippen LogP contribution < -0.4 is 11.1 Å². The van der Waals surface area contributed by atoms with E-state index in [1.165, 1.54) is 12.1 Å². The zero-order valence-corrected chi connectivity index (χ0v) is 10.5. The highest BCUT2D eigenvalue weighted by Crippen LogP contribution is 2.11. The van der Waals surface area contributed by atoms with Crippen molar-refractivity contribution in [1.82, 2.24) is 5.32 Å². The number of halogens is 2. The summed E-state index contributed by atoms with van der Waals surface area (Å²) in [7, 11) is 0. The third kappa shape index (κ3) is 4.07. The second-order valence-electron chi connectivity index (χ2n) is 4.70. The summed E-state index contributed by atoms with van der Waals surface area (Å²) >= 11 is 0. The number of hydrogen-bond acceptors (Lipinski definition) is 2. The number of amides is 1. The molecular weight excluding hydrogens is 238 g/mol. The minimum atomic E-state index is -1.13. The predicted molar refractivity (Wildman–Crippen MR) is 66.1 cm³/mol. The Bertz CT molecular complexity index is 421. The first-order valence-electron chi connectivity index (χ1n) is 5.89. The molecule has 3 N–H and O–H groups in total. The van der Waals surface area contributed by atoms with Crippen LogP contribution in [0.2, 0.25) is 0 Å². The molecule has 0 spiro atoms. The van der Waals surface area contributed by atoms with E-state index >= 15 is 0 Å². The number of carbonyl (C=O) groups excluding carboxylic acids is 1. The Labute approximate surface area is 105 Å². The largest absolute Gasteiger partial charge is 0.350 e. The first kappa shape index (κ1) is 14.6. The van der Waals surface area contributed by atoms with Crippen molar-refractivity contribution < 1.29 is 13.6 Å². The quantitative estimate of drug-likeness (QED) is 0.847. The van der Waals surface area contributed by atoms with E-state index < -0.39 is 17.5 Å². The van der Waals surface area contributed by atoms with Gasteiger partial charge in [-0.05, 0) is 24.5 Å². The van der Waals surface area contributed by atoms with E-state index in [4.69, 9.17) is 5.73 Å². The van der Waals surface area contributed by atoms with Gasteiger partial charge in [0.05, 0.1) is 5.56 Å². The molecule has 0 aliphatic carbocycles. The van der Waals surface area contributed by atoms with E-state index in [0.717, 1.165) is 12.5 Å². The molecule has 0 saturated carbocycles. The Morgan fingerprint density at radius 3 is 2.67 bits per heavy atom. The third-order valence-corrected chi connectivity index (χ3v) is 2.50. The molecule has 100 valence electrons. The van der Waals surface area contributed by atoms with Gasteiger partial charge >= 0.3 is 0 Å². The lowest BCUT2D eigenvalue weighted by Crippen LogP contribution is -2.38. The lowest BCUT2D eigenvalue weighted by molar-refractivity contribution is 0.0945. The highest BCUT2D eigenvalue weighted by Gasteiger charge is 2.15. The molecule has 0 aliphatic heterocycles. The summed E-state index contributed by atoms with van der Waals surface area (Å²) < 4.78 is 26.3. The summed E-state index contributed by atoms with van der Waals surface area (Å²) in [5, 5.41) is 2.50. The Morgan fingerprint density at radius 2 is 2.06 bits per heavy atom. The standard InChI is InChI=1S/C13H18F2N2O/c1-8(2)6-9(16)7-17-13(18)10-4-3-5-11(14)12(10)15/h3-5,8-9H,6-7,16H2,1-2H3,(H,17,18). The predicted octanol–water partition coefficient (Wildman–Crippen LogP) is 2.07. The van der Waals surface area contributed by atoms with Crippen LogP contribution in [0.1, 0.15) is 30.6 Å². The van der Waals surface area contributed by atoms with Gasteiger partial charge in [0.1, 0.15) is 0 Å². The topological polar surface area (TPSA) is 55.1 Å². The maximum atomic E-state index is 13.3. The molecule has 1 atom stereocenters. The van der Waals surface area contributed by atoms with Crippen LogP contribution in [0.25, 0.3) is 0 Å². The van der Waals surface area contributed by atoms with Gasteiger partial charge in [-0.15, -0.1) is 0 Å². The van der Waals surface area contributed by atoms with Crippen LogP contribution in [0.15, 0.2) is 18.2 Å². The molecule has 0 radical (unpaired) electrons. The summed E-state index contributed by atoms with van der Waals surface area (Å²) in [5.74, 6) is -2.39. The van der Waals surface area contributed by atoms with Crippen molar-refractivity contribution in [3.63, 3.8) is 0 Å². The van der Waals surface area contributed by atoms with Gasteiger partial charge in [0.2, 0.25) is 0 Å². The van der Waals surface area contributed by atoms with Gasteiger partial charge in [0.15, 0.2) is 11.6 Å². The van der Waals surface area contributed by atoms with Crippen molar-refractivity contribution in [1.29, 1.82) is 0 Å². The Morgan fingerprint density at radius 1 is 1.39 bits per heavy atom. The molecule has 1 amide bonds. The average molecular weight is 256 g/mol. The van der Waals surface area contributed by atoms with Crippen molar-refractivity contribution in [2.75, 3.05) is 6.54 Å². The van der Waals surface area contributed by atoms with Gasteiger partial charge in [-0.2, -0.15) is 0 Å². The number of rotatable bonds is 5. The van der Waals surface area contributed by atoms with Crippen molar-refractivity contribution in [2.24, 2.45) is 11.7 Å². The Hall–Kier alpha value is -1.49. The van der Waals surface area contributed by atoms with Crippen molar-refractivity contribution in [3.8, 4) is 0 Å². The van der Waals surface area contributed by atoms with Gasteiger partial charge in [-0.3, -0.25) is 4.79 Å². The Balaban J connectivity index is 2.58. The maximum absolute atomic E-state index is 13.3. The van der Waals surface area contributed by atoms with Crippen molar-refractivity contribution in [2.45, 2.75) is 26.3 Å². The van der Waals surface area contributed by atoms with E-state index in [9.17, 15) is 13.6 Å². The fourth-order valence-electron chi connectivity index (χ4n) is 1.69. The molecule has 1 rings (SSSR count). The molecule has 5 heteroatoms. The molecule has 1 unspecified atom stereocenters. The summed E-state index contributed by atoms with van der Waals surface area (Å²) in [5.41, 5.74) is 5.49. The molecule has 3 nitrogen and oxygen atoms in total. The van der Waals surface area contributed by atoms with E-state index in [1.807, 2.05) is 13.8 Å². The second-order valence-corrected chi connectivity index (χ2v) is 4.70. The zero-order valence-electron chi connectivity index (χ0n) is 10.5. The van der Waals surface area contributed by atoms with Gasteiger partial charge in [0.25, 0.3) is 5.91 Å². The monoisotopic (exact) mass is 256 g/mol. The maximum Gasteiger partial charge on any atom is 0.254 e. The first-order chi connectivity index (χ1) is 8.41. The molecule has 0 fully saturated rings. The van der Waals surface area contributed by atoms with Crippen LogP contribution in [0, 0.1) is 17.6 Å². The first-order valence-corrected chi connectivity index (χ1v) is 5.89. The zero-order chi connectivity index (χ0) is 13.7. The van der Waals surface area contributed by atoms with Crippen LogP contribution in [-0.2, 0) is 0 Å². The summed E-state index contributed by atoms with van der Waals surface area (Å²) in [4.78, 5) is 11.6. The highest BCUT2D eigenvalue weighted by molar-refractivity contribution is 5.94. The summed E-state index contributed by atoms with van der Waals surface area (Å²) in [6, 6.07) is 3.31. The smallest absolute Gasteiger partial charge is 0.254 e. The highest BCUT2D eigenvalue weighted by atomic mass is 19.2. The van der Waals surface area contributed by atoms with Crippen molar-refractivity contribution >= 4 is 5.91 Å². The molecule has 0 aliphatic rings. The Kier molecular flexibility index (Phi) is 5.22. The van der Waals surface area contributed by atoms with Gasteiger partial charge < -0.3 is 11.1 Å². The van der Waals surface area contributed by atoms with Crippen LogP contribution >= 0.6 is 0 Å². The molecular formula is C13H18F2N2O. The number of nitrogens with two attached hydrogens (primary N) is 1. The summed E-state index contributed by atoms with van der Waals surface area (Å²) in [6.45, 7) is 4.29. The number of benzene rings is 1. The van der Waals surface area contributed by atoms with Crippen molar-refractivity contribution in [3.05, 3.63) is 35.4 Å². The average Bonchev–Trinajstić information content (AvgIpc) is 2.29. The molecule has 1 aromatic rings. The molecule has 18 heavy (non-hydrogen) atoms. The fraction of sp³-hybridized carbons (Fsp3) is 0.462. The molecule has 0 saturated heterocycles. The lowest BCUT2D eigenvalue weighted by atomic mass is 10.0. The minimum Gasteiger partial charge on any atom is -0.350 e. The van der Waals surface area contributed by atoms with E-state index in [0.29, 0.717) is 5.92 Å². The normalized spacial score (nSPS) is 12.6. The summed E-state index contributed by atoms with van der Waals surface area (Å²) in [6.07, 6.45) is 0.756. The second kappa shape index (κ2) is 6.44. The van der Waals surface area contributed by atoms with Gasteiger partial charge in [-0.25, -0.2) is 8.78 Å². The molecule has 0 bridgehead atoms. The van der Waals surface area contributed by atoms with Crippen LogP contribution in [0.4, 0.5) is 8.78 Å². The van der Waals surface area contributed by atoms with Crippen LogP contribution in [-0.4, -0.2) is 18.5 Å². The van der Waals surface area contributed by atoms with E-state index in [2.05, 4.69) is 5.32 Å². The van der Waals surface area contributed by atoms with Gasteiger partial charge in [-0.1, -0.05) is 19.9 Å². The lowest BCUT2D eigenvalue weighted by Gasteiger charge is -2.15. The molecule has 0 heterocycles. The van der Waals surface area contributed by atoms with Crippen LogP contribution in [0.3, 0.4) is 0 Å². The fourth-order valence-corrected chi connectivity index (χ4v) is 1.69. The number of hydrogen-bond donors (Lipinski definition) is 2. The number of nitrogens with one attached hydrogen (secondary N) is 1. The third-order valence-electron chi connectivity index (χ3n) is 2.50. The van der Waals surface area contributed by atoms with E-state index in [1.54, 1.807) is 0 Å².